The quantitative estimate of drug-likeness (QED) is 0.764. The third-order valence-electron chi connectivity index (χ3n) is 4.77. The van der Waals surface area contributed by atoms with Gasteiger partial charge in [-0.2, -0.15) is 4.31 Å². The summed E-state index contributed by atoms with van der Waals surface area (Å²) in [6.07, 6.45) is 0. The first kappa shape index (κ1) is 21.1. The minimum absolute atomic E-state index is 0.180. The largest absolute Gasteiger partial charge is 0.368 e. The van der Waals surface area contributed by atoms with E-state index < -0.39 is 20.0 Å². The molecule has 1 saturated heterocycles. The van der Waals surface area contributed by atoms with Crippen LogP contribution in [0, 0.1) is 6.92 Å². The summed E-state index contributed by atoms with van der Waals surface area (Å²) in [5.74, 6) is 0. The number of hydrogen-bond acceptors (Lipinski definition) is 5. The summed E-state index contributed by atoms with van der Waals surface area (Å²) < 4.78 is 54.4. The molecule has 1 N–H and O–H groups in total. The Hall–Kier alpha value is -1.65. The van der Waals surface area contributed by atoms with Crippen molar-refractivity contribution in [1.82, 2.24) is 9.03 Å². The average Bonchev–Trinajstić information content (AvgIpc) is 2.70. The lowest BCUT2D eigenvalue weighted by molar-refractivity contribution is 0.384. The molecular weight excluding hydrogens is 422 g/mol. The van der Waals surface area contributed by atoms with E-state index in [0.29, 0.717) is 29.4 Å². The van der Waals surface area contributed by atoms with Gasteiger partial charge in [-0.1, -0.05) is 29.8 Å². The molecule has 0 aromatic heterocycles. The molecule has 0 amide bonds. The number of sulfonamides is 2. The van der Waals surface area contributed by atoms with E-state index in [1.807, 2.05) is 4.90 Å². The smallest absolute Gasteiger partial charge is 0.243 e. The summed E-state index contributed by atoms with van der Waals surface area (Å²) in [7, 11) is -5.92. The third kappa shape index (κ3) is 4.04. The second-order valence-electron chi connectivity index (χ2n) is 6.48. The standard InChI is InChI=1S/C18H22ClN3O4S2/c1-14-7-8-15(19)13-18(14)28(25,26)22-11-9-21(10-12-22)16-5-3-4-6-17(16)27(23,24)20-2/h3-8,13,20H,9-12H2,1-2H3. The van der Waals surface area contributed by atoms with E-state index >= 15 is 0 Å². The van der Waals surface area contributed by atoms with Crippen molar-refractivity contribution in [3.8, 4) is 0 Å². The molecule has 2 aromatic carbocycles. The molecule has 0 spiro atoms. The van der Waals surface area contributed by atoms with E-state index in [1.165, 1.54) is 17.4 Å². The molecule has 1 aliphatic rings. The van der Waals surface area contributed by atoms with Crippen LogP contribution < -0.4 is 9.62 Å². The number of anilines is 1. The van der Waals surface area contributed by atoms with Gasteiger partial charge in [0.05, 0.1) is 10.6 Å². The van der Waals surface area contributed by atoms with Crippen molar-refractivity contribution >= 4 is 37.3 Å². The van der Waals surface area contributed by atoms with Crippen LogP contribution in [0.1, 0.15) is 5.56 Å². The maximum Gasteiger partial charge on any atom is 0.243 e. The Morgan fingerprint density at radius 1 is 0.929 bits per heavy atom. The van der Waals surface area contributed by atoms with Crippen molar-refractivity contribution in [2.24, 2.45) is 0 Å². The molecule has 7 nitrogen and oxygen atoms in total. The number of halogens is 1. The van der Waals surface area contributed by atoms with E-state index in [9.17, 15) is 16.8 Å². The molecule has 1 fully saturated rings. The van der Waals surface area contributed by atoms with Gasteiger partial charge in [0.15, 0.2) is 0 Å². The zero-order valence-electron chi connectivity index (χ0n) is 15.6. The predicted molar refractivity (Wildman–Crippen MR) is 110 cm³/mol. The van der Waals surface area contributed by atoms with Gasteiger partial charge < -0.3 is 4.90 Å². The summed E-state index contributed by atoms with van der Waals surface area (Å²) in [5.41, 5.74) is 1.20. The van der Waals surface area contributed by atoms with Crippen LogP contribution in [0.25, 0.3) is 0 Å². The maximum atomic E-state index is 13.0. The Morgan fingerprint density at radius 2 is 1.57 bits per heavy atom. The van der Waals surface area contributed by atoms with E-state index in [0.717, 1.165) is 0 Å². The summed E-state index contributed by atoms with van der Waals surface area (Å²) >= 11 is 5.98. The Bertz CT molecular complexity index is 1080. The normalized spacial score (nSPS) is 16.3. The SMILES string of the molecule is CNS(=O)(=O)c1ccccc1N1CCN(S(=O)(=O)c2cc(Cl)ccc2C)CC1. The summed E-state index contributed by atoms with van der Waals surface area (Å²) in [6.45, 7) is 3.01. The molecule has 10 heteroatoms. The van der Waals surface area contributed by atoms with Crippen LogP contribution in [0.5, 0.6) is 0 Å². The molecule has 152 valence electrons. The van der Waals surface area contributed by atoms with Gasteiger partial charge >= 0.3 is 0 Å². The van der Waals surface area contributed by atoms with Gasteiger partial charge in [-0.3, -0.25) is 0 Å². The van der Waals surface area contributed by atoms with Crippen LogP contribution in [0.4, 0.5) is 5.69 Å². The average molecular weight is 444 g/mol. The van der Waals surface area contributed by atoms with Crippen LogP contribution >= 0.6 is 11.6 Å². The predicted octanol–water partition coefficient (Wildman–Crippen LogP) is 2.07. The van der Waals surface area contributed by atoms with Crippen LogP contribution in [0.2, 0.25) is 5.02 Å². The molecule has 0 unspecified atom stereocenters. The Kier molecular flexibility index (Phi) is 6.02. The minimum atomic E-state index is -3.67. The van der Waals surface area contributed by atoms with Gasteiger partial charge in [0.1, 0.15) is 4.90 Å². The van der Waals surface area contributed by atoms with E-state index in [1.54, 1.807) is 43.3 Å². The van der Waals surface area contributed by atoms with Gasteiger partial charge in [-0.25, -0.2) is 21.6 Å². The fourth-order valence-electron chi connectivity index (χ4n) is 3.22. The molecule has 0 radical (unpaired) electrons. The first-order chi connectivity index (χ1) is 13.2. The fraction of sp³-hybridized carbons (Fsp3) is 0.333. The fourth-order valence-corrected chi connectivity index (χ4v) is 6.08. The molecule has 0 aliphatic carbocycles. The highest BCUT2D eigenvalue weighted by Crippen LogP contribution is 2.28. The van der Waals surface area contributed by atoms with Gasteiger partial charge in [-0.15, -0.1) is 0 Å². The Morgan fingerprint density at radius 3 is 2.21 bits per heavy atom. The number of nitrogens with zero attached hydrogens (tertiary/aromatic N) is 2. The number of para-hydroxylation sites is 1. The van der Waals surface area contributed by atoms with Crippen molar-refractivity contribution in [1.29, 1.82) is 0 Å². The van der Waals surface area contributed by atoms with Gasteiger partial charge in [-0.05, 0) is 43.8 Å². The van der Waals surface area contributed by atoms with Crippen LogP contribution in [0.15, 0.2) is 52.3 Å². The van der Waals surface area contributed by atoms with E-state index in [2.05, 4.69) is 4.72 Å². The molecule has 3 rings (SSSR count). The lowest BCUT2D eigenvalue weighted by atomic mass is 10.2. The molecule has 0 bridgehead atoms. The first-order valence-corrected chi connectivity index (χ1v) is 12.0. The second-order valence-corrected chi connectivity index (χ2v) is 10.7. The lowest BCUT2D eigenvalue weighted by Crippen LogP contribution is -2.49. The Labute approximate surface area is 171 Å². The van der Waals surface area contributed by atoms with Crippen LogP contribution in [-0.4, -0.2) is 54.4 Å². The lowest BCUT2D eigenvalue weighted by Gasteiger charge is -2.36. The van der Waals surface area contributed by atoms with Gasteiger partial charge in [0, 0.05) is 31.2 Å². The molecular formula is C18H22ClN3O4S2. The van der Waals surface area contributed by atoms with Crippen molar-refractivity contribution in [2.75, 3.05) is 38.1 Å². The number of aryl methyl sites for hydroxylation is 1. The number of piperazine rings is 1. The highest BCUT2D eigenvalue weighted by molar-refractivity contribution is 7.89. The summed E-state index contributed by atoms with van der Waals surface area (Å²) in [5, 5.41) is 0.369. The van der Waals surface area contributed by atoms with E-state index in [4.69, 9.17) is 11.6 Å². The van der Waals surface area contributed by atoms with Crippen LogP contribution in [0.3, 0.4) is 0 Å². The zero-order chi connectivity index (χ0) is 20.5. The maximum absolute atomic E-state index is 13.0. The monoisotopic (exact) mass is 443 g/mol. The number of hydrogen-bond donors (Lipinski definition) is 1. The van der Waals surface area contributed by atoms with Crippen molar-refractivity contribution < 1.29 is 16.8 Å². The van der Waals surface area contributed by atoms with Crippen molar-refractivity contribution in [2.45, 2.75) is 16.7 Å². The summed E-state index contributed by atoms with van der Waals surface area (Å²) in [6, 6.07) is 11.5. The molecule has 0 atom stereocenters. The molecule has 0 saturated carbocycles. The van der Waals surface area contributed by atoms with E-state index in [-0.39, 0.29) is 22.9 Å². The Balaban J connectivity index is 1.83. The highest BCUT2D eigenvalue weighted by atomic mass is 35.5. The first-order valence-electron chi connectivity index (χ1n) is 8.70. The van der Waals surface area contributed by atoms with Gasteiger partial charge in [0.2, 0.25) is 20.0 Å². The molecule has 28 heavy (non-hydrogen) atoms. The zero-order valence-corrected chi connectivity index (χ0v) is 18.0. The van der Waals surface area contributed by atoms with Crippen molar-refractivity contribution in [3.05, 3.63) is 53.1 Å². The number of rotatable bonds is 5. The number of nitrogens with one attached hydrogen (secondary N) is 1. The molecule has 1 aliphatic heterocycles. The minimum Gasteiger partial charge on any atom is -0.368 e. The summed E-state index contributed by atoms with van der Waals surface area (Å²) in [4.78, 5) is 2.27. The topological polar surface area (TPSA) is 86.8 Å². The third-order valence-corrected chi connectivity index (χ3v) is 8.51. The molecule has 1 heterocycles. The molecule has 2 aromatic rings. The second kappa shape index (κ2) is 8.00. The number of benzene rings is 2. The van der Waals surface area contributed by atoms with Crippen molar-refractivity contribution in [3.63, 3.8) is 0 Å². The highest BCUT2D eigenvalue weighted by Gasteiger charge is 2.31. The van der Waals surface area contributed by atoms with Crippen LogP contribution in [-0.2, 0) is 20.0 Å². The van der Waals surface area contributed by atoms with Gasteiger partial charge in [0.25, 0.3) is 0 Å².